The Morgan fingerprint density at radius 1 is 1.25 bits per heavy atom. The fourth-order valence-corrected chi connectivity index (χ4v) is 2.36. The SMILES string of the molecule is Brc1ccc2nc(N3CCNCC3)[nH]c2c1. The number of imidazole rings is 1. The fraction of sp³-hybridized carbons (Fsp3) is 0.364. The number of fused-ring (bicyclic) bond motifs is 1. The normalized spacial score (nSPS) is 16.9. The van der Waals surface area contributed by atoms with E-state index in [4.69, 9.17) is 0 Å². The number of piperazine rings is 1. The molecular weight excluding hydrogens is 268 g/mol. The largest absolute Gasteiger partial charge is 0.340 e. The number of hydrogen-bond donors (Lipinski definition) is 2. The molecule has 4 nitrogen and oxygen atoms in total. The number of nitrogens with one attached hydrogen (secondary N) is 2. The lowest BCUT2D eigenvalue weighted by atomic mass is 10.3. The zero-order valence-corrected chi connectivity index (χ0v) is 10.4. The van der Waals surface area contributed by atoms with Crippen LogP contribution in [-0.4, -0.2) is 36.1 Å². The third-order valence-electron chi connectivity index (χ3n) is 2.85. The minimum atomic E-state index is 0.981. The van der Waals surface area contributed by atoms with Crippen molar-refractivity contribution in [2.24, 2.45) is 0 Å². The topological polar surface area (TPSA) is 44.0 Å². The molecule has 1 saturated heterocycles. The maximum atomic E-state index is 4.60. The smallest absolute Gasteiger partial charge is 0.203 e. The van der Waals surface area contributed by atoms with E-state index >= 15 is 0 Å². The van der Waals surface area contributed by atoms with Crippen molar-refractivity contribution in [1.82, 2.24) is 15.3 Å². The first kappa shape index (κ1) is 10.1. The molecule has 0 spiro atoms. The molecule has 0 atom stereocenters. The predicted molar refractivity (Wildman–Crippen MR) is 68.9 cm³/mol. The Labute approximate surface area is 102 Å². The lowest BCUT2D eigenvalue weighted by Gasteiger charge is -2.26. The summed E-state index contributed by atoms with van der Waals surface area (Å²) in [5.41, 5.74) is 2.11. The number of halogens is 1. The standard InChI is InChI=1S/C11H13BrN4/c12-8-1-2-9-10(7-8)15-11(14-9)16-5-3-13-4-6-16/h1-2,7,13H,3-6H2,(H,14,15). The van der Waals surface area contributed by atoms with Crippen LogP contribution in [-0.2, 0) is 0 Å². The van der Waals surface area contributed by atoms with E-state index < -0.39 is 0 Å². The number of nitrogens with zero attached hydrogens (tertiary/aromatic N) is 2. The summed E-state index contributed by atoms with van der Waals surface area (Å²) in [7, 11) is 0. The second-order valence-corrected chi connectivity index (χ2v) is 4.87. The van der Waals surface area contributed by atoms with Crippen LogP contribution in [0.4, 0.5) is 5.95 Å². The van der Waals surface area contributed by atoms with Crippen LogP contribution in [0.1, 0.15) is 0 Å². The molecule has 16 heavy (non-hydrogen) atoms. The summed E-state index contributed by atoms with van der Waals surface area (Å²) in [5, 5.41) is 3.34. The molecule has 0 amide bonds. The number of rotatable bonds is 1. The van der Waals surface area contributed by atoms with Crippen molar-refractivity contribution in [3.05, 3.63) is 22.7 Å². The molecule has 1 aromatic carbocycles. The molecule has 0 saturated carbocycles. The molecule has 0 radical (unpaired) electrons. The first-order valence-corrected chi connectivity index (χ1v) is 6.23. The number of H-pyrrole nitrogens is 1. The van der Waals surface area contributed by atoms with Crippen molar-refractivity contribution in [2.45, 2.75) is 0 Å². The van der Waals surface area contributed by atoms with Gasteiger partial charge in [-0.15, -0.1) is 0 Å². The van der Waals surface area contributed by atoms with Gasteiger partial charge in [0, 0.05) is 30.7 Å². The Kier molecular flexibility index (Phi) is 2.57. The highest BCUT2D eigenvalue weighted by Gasteiger charge is 2.13. The van der Waals surface area contributed by atoms with Crippen molar-refractivity contribution in [3.63, 3.8) is 0 Å². The second-order valence-electron chi connectivity index (χ2n) is 3.96. The number of aromatic amines is 1. The Morgan fingerprint density at radius 2 is 2.06 bits per heavy atom. The van der Waals surface area contributed by atoms with Crippen LogP contribution < -0.4 is 10.2 Å². The summed E-state index contributed by atoms with van der Waals surface area (Å²) in [4.78, 5) is 10.2. The van der Waals surface area contributed by atoms with Gasteiger partial charge in [0.25, 0.3) is 0 Å². The molecule has 2 aromatic rings. The first-order chi connectivity index (χ1) is 7.83. The van der Waals surface area contributed by atoms with Gasteiger partial charge in [-0.05, 0) is 18.2 Å². The van der Waals surface area contributed by atoms with E-state index in [0.717, 1.165) is 47.6 Å². The minimum absolute atomic E-state index is 0.981. The van der Waals surface area contributed by atoms with E-state index in [9.17, 15) is 0 Å². The number of hydrogen-bond acceptors (Lipinski definition) is 3. The van der Waals surface area contributed by atoms with Gasteiger partial charge in [0.15, 0.2) is 0 Å². The molecule has 2 N–H and O–H groups in total. The van der Waals surface area contributed by atoms with E-state index in [1.165, 1.54) is 0 Å². The maximum absolute atomic E-state index is 4.60. The van der Waals surface area contributed by atoms with Crippen LogP contribution >= 0.6 is 15.9 Å². The van der Waals surface area contributed by atoms with E-state index in [0.29, 0.717) is 0 Å². The van der Waals surface area contributed by atoms with Crippen molar-refractivity contribution in [2.75, 3.05) is 31.1 Å². The van der Waals surface area contributed by atoms with Gasteiger partial charge < -0.3 is 15.2 Å². The van der Waals surface area contributed by atoms with Crippen LogP contribution in [0.3, 0.4) is 0 Å². The van der Waals surface area contributed by atoms with Gasteiger partial charge in [-0.3, -0.25) is 0 Å². The zero-order valence-electron chi connectivity index (χ0n) is 8.83. The Morgan fingerprint density at radius 3 is 2.88 bits per heavy atom. The number of benzene rings is 1. The van der Waals surface area contributed by atoms with Gasteiger partial charge in [-0.2, -0.15) is 0 Å². The predicted octanol–water partition coefficient (Wildman–Crippen LogP) is 1.73. The second kappa shape index (κ2) is 4.07. The molecule has 84 valence electrons. The van der Waals surface area contributed by atoms with Crippen molar-refractivity contribution in [1.29, 1.82) is 0 Å². The summed E-state index contributed by atoms with van der Waals surface area (Å²) in [6.45, 7) is 4.09. The van der Waals surface area contributed by atoms with Crippen LogP contribution in [0.25, 0.3) is 11.0 Å². The van der Waals surface area contributed by atoms with E-state index in [1.807, 2.05) is 12.1 Å². The van der Waals surface area contributed by atoms with Gasteiger partial charge in [-0.1, -0.05) is 15.9 Å². The van der Waals surface area contributed by atoms with Gasteiger partial charge in [0.2, 0.25) is 5.95 Å². The van der Waals surface area contributed by atoms with Crippen molar-refractivity contribution in [3.8, 4) is 0 Å². The van der Waals surface area contributed by atoms with Gasteiger partial charge in [-0.25, -0.2) is 4.98 Å². The molecule has 1 aliphatic rings. The molecule has 3 rings (SSSR count). The lowest BCUT2D eigenvalue weighted by Crippen LogP contribution is -2.44. The molecule has 0 aliphatic carbocycles. The number of aromatic nitrogens is 2. The van der Waals surface area contributed by atoms with E-state index in [1.54, 1.807) is 0 Å². The summed E-state index contributed by atoms with van der Waals surface area (Å²) < 4.78 is 1.08. The highest BCUT2D eigenvalue weighted by atomic mass is 79.9. The average Bonchev–Trinajstić information content (AvgIpc) is 2.73. The molecule has 0 unspecified atom stereocenters. The van der Waals surface area contributed by atoms with Gasteiger partial charge >= 0.3 is 0 Å². The molecule has 1 aliphatic heterocycles. The highest BCUT2D eigenvalue weighted by molar-refractivity contribution is 9.10. The molecule has 1 aromatic heterocycles. The van der Waals surface area contributed by atoms with E-state index in [2.05, 4.69) is 42.2 Å². The number of anilines is 1. The summed E-state index contributed by atoms with van der Waals surface area (Å²) in [6, 6.07) is 6.11. The molecular formula is C11H13BrN4. The lowest BCUT2D eigenvalue weighted by molar-refractivity contribution is 0.582. The molecule has 5 heteroatoms. The summed E-state index contributed by atoms with van der Waals surface area (Å²) >= 11 is 3.47. The quantitative estimate of drug-likeness (QED) is 0.836. The first-order valence-electron chi connectivity index (χ1n) is 5.44. The summed E-state index contributed by atoms with van der Waals surface area (Å²) in [5.74, 6) is 0.981. The van der Waals surface area contributed by atoms with Crippen LogP contribution in [0.15, 0.2) is 22.7 Å². The maximum Gasteiger partial charge on any atom is 0.203 e. The van der Waals surface area contributed by atoms with Crippen molar-refractivity contribution >= 4 is 32.9 Å². The third kappa shape index (κ3) is 1.81. The summed E-state index contributed by atoms with van der Waals surface area (Å²) in [6.07, 6.45) is 0. The average molecular weight is 281 g/mol. The monoisotopic (exact) mass is 280 g/mol. The molecule has 2 heterocycles. The minimum Gasteiger partial charge on any atom is -0.340 e. The third-order valence-corrected chi connectivity index (χ3v) is 3.34. The van der Waals surface area contributed by atoms with Crippen LogP contribution in [0, 0.1) is 0 Å². The van der Waals surface area contributed by atoms with Gasteiger partial charge in [0.05, 0.1) is 11.0 Å². The van der Waals surface area contributed by atoms with Crippen LogP contribution in [0.5, 0.6) is 0 Å². The fourth-order valence-electron chi connectivity index (χ4n) is 1.99. The Bertz CT molecular complexity index is 502. The van der Waals surface area contributed by atoms with Crippen LogP contribution in [0.2, 0.25) is 0 Å². The zero-order chi connectivity index (χ0) is 11.0. The van der Waals surface area contributed by atoms with E-state index in [-0.39, 0.29) is 0 Å². The van der Waals surface area contributed by atoms with Crippen molar-refractivity contribution < 1.29 is 0 Å². The Hall–Kier alpha value is -1.07. The molecule has 1 fully saturated rings. The van der Waals surface area contributed by atoms with Gasteiger partial charge in [0.1, 0.15) is 0 Å². The Balaban J connectivity index is 1.97. The molecule has 0 bridgehead atoms. The highest BCUT2D eigenvalue weighted by Crippen LogP contribution is 2.21.